The molecule has 1 atom stereocenters. The predicted octanol–water partition coefficient (Wildman–Crippen LogP) is 3.66. The van der Waals surface area contributed by atoms with Gasteiger partial charge in [0, 0.05) is 26.3 Å². The van der Waals surface area contributed by atoms with E-state index < -0.39 is 15.9 Å². The first-order valence-electron chi connectivity index (χ1n) is 8.92. The zero-order chi connectivity index (χ0) is 19.8. The average molecular weight is 410 g/mol. The standard InChI is InChI=1S/C19H24ClN3O3S/c1-13-6-7-17(16(20)9-13)21-19(24)18-10-15(12-22(18)3)27(25,26)23-8-4-5-14(2)11-23/h6-7,9-10,12,14H,4-5,8,11H2,1-3H3,(H,21,24). The van der Waals surface area contributed by atoms with E-state index >= 15 is 0 Å². The third kappa shape index (κ3) is 4.20. The van der Waals surface area contributed by atoms with Crippen molar-refractivity contribution in [2.45, 2.75) is 31.6 Å². The molecule has 6 nitrogen and oxygen atoms in total. The largest absolute Gasteiger partial charge is 0.345 e. The van der Waals surface area contributed by atoms with E-state index in [1.165, 1.54) is 21.1 Å². The van der Waals surface area contributed by atoms with Crippen molar-refractivity contribution in [1.82, 2.24) is 8.87 Å². The molecule has 2 aromatic rings. The van der Waals surface area contributed by atoms with E-state index in [-0.39, 0.29) is 10.6 Å². The molecule has 8 heteroatoms. The van der Waals surface area contributed by atoms with Crippen LogP contribution in [0.1, 0.15) is 35.8 Å². The minimum absolute atomic E-state index is 0.138. The molecule has 1 N–H and O–H groups in total. The van der Waals surface area contributed by atoms with E-state index in [0.717, 1.165) is 18.4 Å². The van der Waals surface area contributed by atoms with Crippen LogP contribution in [0, 0.1) is 12.8 Å². The van der Waals surface area contributed by atoms with Crippen LogP contribution in [0.5, 0.6) is 0 Å². The van der Waals surface area contributed by atoms with Crippen molar-refractivity contribution < 1.29 is 13.2 Å². The van der Waals surface area contributed by atoms with Gasteiger partial charge in [-0.3, -0.25) is 4.79 Å². The van der Waals surface area contributed by atoms with Crippen LogP contribution in [0.2, 0.25) is 5.02 Å². The van der Waals surface area contributed by atoms with E-state index in [1.54, 1.807) is 19.2 Å². The molecule has 1 fully saturated rings. The van der Waals surface area contributed by atoms with Crippen LogP contribution in [0.25, 0.3) is 0 Å². The Morgan fingerprint density at radius 1 is 1.30 bits per heavy atom. The fourth-order valence-electron chi connectivity index (χ4n) is 3.32. The summed E-state index contributed by atoms with van der Waals surface area (Å²) in [6.07, 6.45) is 3.37. The zero-order valence-electron chi connectivity index (χ0n) is 15.7. The molecule has 2 heterocycles. The number of amides is 1. The molecule has 0 spiro atoms. The van der Waals surface area contributed by atoms with Gasteiger partial charge in [-0.05, 0) is 49.4 Å². The first-order valence-corrected chi connectivity index (χ1v) is 10.7. The molecule has 0 bridgehead atoms. The first kappa shape index (κ1) is 19.9. The Morgan fingerprint density at radius 3 is 2.70 bits per heavy atom. The SMILES string of the molecule is Cc1ccc(NC(=O)c2cc(S(=O)(=O)N3CCCC(C)C3)cn2C)c(Cl)c1. The number of carbonyl (C=O) groups excluding carboxylic acids is 1. The van der Waals surface area contributed by atoms with Crippen molar-refractivity contribution in [3.05, 3.63) is 46.7 Å². The number of halogens is 1. The fourth-order valence-corrected chi connectivity index (χ4v) is 5.28. The van der Waals surface area contributed by atoms with Gasteiger partial charge in [-0.1, -0.05) is 24.6 Å². The number of rotatable bonds is 4. The van der Waals surface area contributed by atoms with E-state index in [4.69, 9.17) is 11.6 Å². The summed E-state index contributed by atoms with van der Waals surface area (Å²) in [5, 5.41) is 3.18. The fraction of sp³-hybridized carbons (Fsp3) is 0.421. The number of nitrogens with one attached hydrogen (secondary N) is 1. The normalized spacial score (nSPS) is 18.4. The monoisotopic (exact) mass is 409 g/mol. The maximum Gasteiger partial charge on any atom is 0.272 e. The van der Waals surface area contributed by atoms with Gasteiger partial charge in [0.2, 0.25) is 10.0 Å². The molecule has 0 radical (unpaired) electrons. The maximum absolute atomic E-state index is 12.9. The Bertz CT molecular complexity index is 969. The van der Waals surface area contributed by atoms with Crippen LogP contribution in [0.15, 0.2) is 35.4 Å². The van der Waals surface area contributed by atoms with Crippen molar-refractivity contribution in [3.8, 4) is 0 Å². The van der Waals surface area contributed by atoms with Crippen molar-refractivity contribution in [2.75, 3.05) is 18.4 Å². The summed E-state index contributed by atoms with van der Waals surface area (Å²) in [6.45, 7) is 4.99. The highest BCUT2D eigenvalue weighted by Gasteiger charge is 2.30. The quantitative estimate of drug-likeness (QED) is 0.837. The van der Waals surface area contributed by atoms with Crippen molar-refractivity contribution in [1.29, 1.82) is 0 Å². The van der Waals surface area contributed by atoms with Gasteiger partial charge in [-0.25, -0.2) is 8.42 Å². The Morgan fingerprint density at radius 2 is 2.04 bits per heavy atom. The lowest BCUT2D eigenvalue weighted by Crippen LogP contribution is -2.38. The van der Waals surface area contributed by atoms with Crippen LogP contribution in [-0.2, 0) is 17.1 Å². The molecule has 0 aliphatic carbocycles. The van der Waals surface area contributed by atoms with E-state index in [2.05, 4.69) is 12.2 Å². The van der Waals surface area contributed by atoms with Crippen LogP contribution >= 0.6 is 11.6 Å². The third-order valence-electron chi connectivity index (χ3n) is 4.84. The van der Waals surface area contributed by atoms with Crippen LogP contribution in [0.3, 0.4) is 0 Å². The first-order chi connectivity index (χ1) is 12.7. The van der Waals surface area contributed by atoms with Gasteiger partial charge >= 0.3 is 0 Å². The Labute approximate surface area is 165 Å². The van der Waals surface area contributed by atoms with E-state index in [0.29, 0.717) is 29.7 Å². The number of nitrogens with zero attached hydrogens (tertiary/aromatic N) is 2. The van der Waals surface area contributed by atoms with Crippen molar-refractivity contribution in [2.24, 2.45) is 13.0 Å². The third-order valence-corrected chi connectivity index (χ3v) is 6.99. The summed E-state index contributed by atoms with van der Waals surface area (Å²) in [5.41, 5.74) is 1.74. The molecule has 27 heavy (non-hydrogen) atoms. The van der Waals surface area contributed by atoms with Gasteiger partial charge in [0.25, 0.3) is 5.91 Å². The molecule has 1 aromatic carbocycles. The number of benzene rings is 1. The summed E-state index contributed by atoms with van der Waals surface area (Å²) in [4.78, 5) is 12.8. The lowest BCUT2D eigenvalue weighted by atomic mass is 10.0. The highest BCUT2D eigenvalue weighted by atomic mass is 35.5. The predicted molar refractivity (Wildman–Crippen MR) is 107 cm³/mol. The number of hydrogen-bond acceptors (Lipinski definition) is 3. The van der Waals surface area contributed by atoms with Crippen molar-refractivity contribution >= 4 is 33.2 Å². The van der Waals surface area contributed by atoms with Gasteiger partial charge < -0.3 is 9.88 Å². The van der Waals surface area contributed by atoms with Gasteiger partial charge in [0.1, 0.15) is 10.6 Å². The average Bonchev–Trinajstić information content (AvgIpc) is 3.00. The highest BCUT2D eigenvalue weighted by Crippen LogP contribution is 2.26. The van der Waals surface area contributed by atoms with Crippen molar-refractivity contribution in [3.63, 3.8) is 0 Å². The second kappa shape index (κ2) is 7.66. The molecule has 1 saturated heterocycles. The smallest absolute Gasteiger partial charge is 0.272 e. The summed E-state index contributed by atoms with van der Waals surface area (Å²) >= 11 is 6.17. The van der Waals surface area contributed by atoms with Gasteiger partial charge in [-0.15, -0.1) is 0 Å². The number of carbonyl (C=O) groups is 1. The number of hydrogen-bond donors (Lipinski definition) is 1. The van der Waals surface area contributed by atoms with E-state index in [1.807, 2.05) is 13.0 Å². The maximum atomic E-state index is 12.9. The highest BCUT2D eigenvalue weighted by molar-refractivity contribution is 7.89. The summed E-state index contributed by atoms with van der Waals surface area (Å²) in [7, 11) is -1.95. The number of aryl methyl sites for hydroxylation is 2. The van der Waals surface area contributed by atoms with Gasteiger partial charge in [0.15, 0.2) is 0 Å². The molecule has 1 aliphatic heterocycles. The number of anilines is 1. The minimum atomic E-state index is -3.61. The van der Waals surface area contributed by atoms with Crippen LogP contribution in [0.4, 0.5) is 5.69 Å². The molecular formula is C19H24ClN3O3S. The molecule has 1 unspecified atom stereocenters. The molecule has 3 rings (SSSR count). The molecule has 1 aromatic heterocycles. The molecule has 146 valence electrons. The Kier molecular flexibility index (Phi) is 5.65. The van der Waals surface area contributed by atoms with Crippen LogP contribution < -0.4 is 5.32 Å². The Balaban J connectivity index is 1.84. The zero-order valence-corrected chi connectivity index (χ0v) is 17.3. The second-order valence-electron chi connectivity index (χ2n) is 7.22. The number of aromatic nitrogens is 1. The van der Waals surface area contributed by atoms with Gasteiger partial charge in [-0.2, -0.15) is 4.31 Å². The number of sulfonamides is 1. The Hall–Kier alpha value is -1.83. The molecule has 1 amide bonds. The molecular weight excluding hydrogens is 386 g/mol. The lowest BCUT2D eigenvalue weighted by Gasteiger charge is -2.29. The summed E-state index contributed by atoms with van der Waals surface area (Å²) in [6, 6.07) is 6.76. The van der Waals surface area contributed by atoms with Gasteiger partial charge in [0.05, 0.1) is 10.7 Å². The molecule has 1 aliphatic rings. The summed E-state index contributed by atoms with van der Waals surface area (Å²) < 4.78 is 28.9. The number of piperidine rings is 1. The topological polar surface area (TPSA) is 71.4 Å². The summed E-state index contributed by atoms with van der Waals surface area (Å²) in [5.74, 6) is -0.0691. The lowest BCUT2D eigenvalue weighted by molar-refractivity contribution is 0.101. The van der Waals surface area contributed by atoms with Crippen LogP contribution in [-0.4, -0.2) is 36.3 Å². The minimum Gasteiger partial charge on any atom is -0.345 e. The molecule has 0 saturated carbocycles. The van der Waals surface area contributed by atoms with E-state index in [9.17, 15) is 13.2 Å². The second-order valence-corrected chi connectivity index (χ2v) is 9.56.